The van der Waals surface area contributed by atoms with E-state index < -0.39 is 0 Å². The van der Waals surface area contributed by atoms with Crippen LogP contribution in [0.25, 0.3) is 5.69 Å². The van der Waals surface area contributed by atoms with Gasteiger partial charge >= 0.3 is 0 Å². The topological polar surface area (TPSA) is 18.0 Å². The Morgan fingerprint density at radius 1 is 1.09 bits per heavy atom. The third kappa shape index (κ3) is 1.15. The van der Waals surface area contributed by atoms with Crippen molar-refractivity contribution in [2.75, 3.05) is 0 Å². The van der Waals surface area contributed by atoms with Crippen molar-refractivity contribution >= 4 is 0 Å². The van der Waals surface area contributed by atoms with Crippen molar-refractivity contribution in [3.63, 3.8) is 0 Å². The maximum absolute atomic E-state index is 3.98. The minimum Gasteiger partial charge on any atom is -0.665 e. The highest BCUT2D eigenvalue weighted by atomic mass is 14.9. The van der Waals surface area contributed by atoms with Gasteiger partial charge in [0.1, 0.15) is 0 Å². The summed E-state index contributed by atoms with van der Waals surface area (Å²) in [5.41, 5.74) is 1.10. The summed E-state index contributed by atoms with van der Waals surface area (Å²) in [4.78, 5) is 3.98. The Balaban J connectivity index is 2.46. The van der Waals surface area contributed by atoms with Crippen molar-refractivity contribution in [3.05, 3.63) is 49.1 Å². The fraction of sp³-hybridized carbons (Fsp3) is 0. The number of aromatic nitrogens is 2. The summed E-state index contributed by atoms with van der Waals surface area (Å²) in [6.07, 6.45) is 7.61. The zero-order valence-electron chi connectivity index (χ0n) is 6.01. The van der Waals surface area contributed by atoms with Gasteiger partial charge in [0, 0.05) is 12.1 Å². The lowest BCUT2D eigenvalue weighted by Crippen LogP contribution is -2.27. The first kappa shape index (κ1) is 6.16. The van der Waals surface area contributed by atoms with E-state index in [1.807, 2.05) is 47.4 Å². The van der Waals surface area contributed by atoms with E-state index in [9.17, 15) is 0 Å². The molecule has 0 radical (unpaired) electrons. The third-order valence-electron chi connectivity index (χ3n) is 1.55. The highest BCUT2D eigenvalue weighted by Gasteiger charge is 1.96. The third-order valence-corrected chi connectivity index (χ3v) is 1.55. The van der Waals surface area contributed by atoms with Gasteiger partial charge in [-0.15, -0.1) is 6.20 Å². The van der Waals surface area contributed by atoms with Crippen molar-refractivity contribution in [2.45, 2.75) is 0 Å². The van der Waals surface area contributed by atoms with Crippen LogP contribution in [0.3, 0.4) is 0 Å². The molecule has 0 aromatic carbocycles. The molecule has 0 fully saturated rings. The fourth-order valence-corrected chi connectivity index (χ4v) is 1.01. The highest BCUT2D eigenvalue weighted by Crippen LogP contribution is 1.92. The molecule has 2 rings (SSSR count). The standard InChI is InChI=1S/C9H8N2/c1-2-6-11(7-3-1)9-4-5-10-8-9/h1-8H. The smallest absolute Gasteiger partial charge is 0.186 e. The van der Waals surface area contributed by atoms with Gasteiger partial charge in [-0.2, -0.15) is 10.8 Å². The van der Waals surface area contributed by atoms with Crippen LogP contribution in [0.5, 0.6) is 0 Å². The first-order valence-electron chi connectivity index (χ1n) is 3.50. The lowest BCUT2D eigenvalue weighted by Gasteiger charge is -1.89. The van der Waals surface area contributed by atoms with E-state index >= 15 is 0 Å². The number of hydrogen-bond donors (Lipinski definition) is 0. The number of hydrogen-bond acceptors (Lipinski definition) is 0. The van der Waals surface area contributed by atoms with Crippen molar-refractivity contribution in [1.29, 1.82) is 0 Å². The summed E-state index contributed by atoms with van der Waals surface area (Å²) in [7, 11) is 0. The summed E-state index contributed by atoms with van der Waals surface area (Å²) >= 11 is 0. The van der Waals surface area contributed by atoms with Crippen LogP contribution < -0.4 is 9.55 Å². The van der Waals surface area contributed by atoms with E-state index in [2.05, 4.69) is 4.98 Å². The van der Waals surface area contributed by atoms with E-state index in [4.69, 9.17) is 0 Å². The Morgan fingerprint density at radius 2 is 1.91 bits per heavy atom. The van der Waals surface area contributed by atoms with Gasteiger partial charge in [0.25, 0.3) is 0 Å². The first-order valence-corrected chi connectivity index (χ1v) is 3.50. The molecule has 0 aliphatic carbocycles. The molecular formula is C9H8N2. The molecule has 0 amide bonds. The Bertz CT molecular complexity index is 311. The van der Waals surface area contributed by atoms with Crippen LogP contribution in [0.4, 0.5) is 0 Å². The van der Waals surface area contributed by atoms with E-state index in [1.54, 1.807) is 6.20 Å². The molecule has 0 bridgehead atoms. The Hall–Kier alpha value is -1.57. The van der Waals surface area contributed by atoms with Crippen LogP contribution in [0.1, 0.15) is 0 Å². The number of rotatable bonds is 1. The Morgan fingerprint density at radius 3 is 2.55 bits per heavy atom. The molecule has 0 N–H and O–H groups in total. The van der Waals surface area contributed by atoms with E-state index in [0.29, 0.717) is 0 Å². The quantitative estimate of drug-likeness (QED) is 0.544. The Labute approximate surface area is 65.1 Å². The summed E-state index contributed by atoms with van der Waals surface area (Å²) < 4.78 is 2.02. The van der Waals surface area contributed by atoms with Crippen LogP contribution in [-0.4, -0.2) is 0 Å². The van der Waals surface area contributed by atoms with Gasteiger partial charge in [-0.25, -0.2) is 0 Å². The SMILES string of the molecule is c1cc[n+](-c2cc[n-]c2)cc1. The highest BCUT2D eigenvalue weighted by molar-refractivity contribution is 5.15. The second-order valence-corrected chi connectivity index (χ2v) is 2.30. The second-order valence-electron chi connectivity index (χ2n) is 2.30. The molecule has 54 valence electrons. The molecule has 11 heavy (non-hydrogen) atoms. The maximum atomic E-state index is 3.98. The van der Waals surface area contributed by atoms with Gasteiger partial charge < -0.3 is 4.98 Å². The van der Waals surface area contributed by atoms with Gasteiger partial charge in [0.05, 0.1) is 0 Å². The van der Waals surface area contributed by atoms with Crippen molar-refractivity contribution in [3.8, 4) is 5.69 Å². The molecule has 0 aliphatic heterocycles. The second kappa shape index (κ2) is 2.58. The summed E-state index contributed by atoms with van der Waals surface area (Å²) in [5, 5.41) is 0. The molecular weight excluding hydrogens is 136 g/mol. The molecule has 2 heterocycles. The van der Waals surface area contributed by atoms with Crippen molar-refractivity contribution in [1.82, 2.24) is 4.98 Å². The lowest BCUT2D eigenvalue weighted by atomic mass is 10.4. The summed E-state index contributed by atoms with van der Waals surface area (Å²) in [6, 6.07) is 7.95. The molecule has 0 saturated carbocycles. The van der Waals surface area contributed by atoms with Gasteiger partial charge in [-0.3, -0.25) is 0 Å². The maximum Gasteiger partial charge on any atom is 0.186 e. The predicted molar refractivity (Wildman–Crippen MR) is 41.3 cm³/mol. The van der Waals surface area contributed by atoms with E-state index in [1.165, 1.54) is 0 Å². The van der Waals surface area contributed by atoms with Gasteiger partial charge in [-0.05, 0) is 6.07 Å². The van der Waals surface area contributed by atoms with E-state index in [-0.39, 0.29) is 0 Å². The molecule has 0 unspecified atom stereocenters. The van der Waals surface area contributed by atoms with Crippen LogP contribution in [0, 0.1) is 0 Å². The zero-order valence-corrected chi connectivity index (χ0v) is 6.01. The minimum absolute atomic E-state index is 1.10. The molecule has 2 nitrogen and oxygen atoms in total. The zero-order chi connectivity index (χ0) is 7.52. The first-order chi connectivity index (χ1) is 5.47. The summed E-state index contributed by atoms with van der Waals surface area (Å²) in [5.74, 6) is 0. The molecule has 2 heteroatoms. The molecule has 2 aromatic heterocycles. The largest absolute Gasteiger partial charge is 0.665 e. The number of nitrogens with zero attached hydrogens (tertiary/aromatic N) is 2. The van der Waals surface area contributed by atoms with Gasteiger partial charge in [0.15, 0.2) is 18.1 Å². The van der Waals surface area contributed by atoms with E-state index in [0.717, 1.165) is 5.69 Å². The van der Waals surface area contributed by atoms with Gasteiger partial charge in [-0.1, -0.05) is 6.07 Å². The molecule has 0 spiro atoms. The van der Waals surface area contributed by atoms with Gasteiger partial charge in [0.2, 0.25) is 0 Å². The number of pyridine rings is 1. The van der Waals surface area contributed by atoms with Crippen molar-refractivity contribution in [2.24, 2.45) is 0 Å². The Kier molecular flexibility index (Phi) is 1.44. The molecule has 0 atom stereocenters. The minimum atomic E-state index is 1.10. The predicted octanol–water partition coefficient (Wildman–Crippen LogP) is 0.920. The molecule has 2 aromatic rings. The summed E-state index contributed by atoms with van der Waals surface area (Å²) in [6.45, 7) is 0. The normalized spacial score (nSPS) is 9.82. The van der Waals surface area contributed by atoms with Crippen LogP contribution in [0.15, 0.2) is 49.1 Å². The molecule has 0 aliphatic rings. The monoisotopic (exact) mass is 144 g/mol. The average Bonchev–Trinajstić information content (AvgIpc) is 2.58. The van der Waals surface area contributed by atoms with Crippen LogP contribution in [-0.2, 0) is 0 Å². The fourth-order valence-electron chi connectivity index (χ4n) is 1.01. The lowest BCUT2D eigenvalue weighted by molar-refractivity contribution is -0.595. The average molecular weight is 144 g/mol. The molecule has 0 saturated heterocycles. The van der Waals surface area contributed by atoms with Crippen LogP contribution >= 0.6 is 0 Å². The van der Waals surface area contributed by atoms with Crippen LogP contribution in [0.2, 0.25) is 0 Å². The van der Waals surface area contributed by atoms with Crippen molar-refractivity contribution < 1.29 is 4.57 Å².